The van der Waals surface area contributed by atoms with E-state index in [0.717, 1.165) is 10.6 Å². The Morgan fingerprint density at radius 2 is 1.74 bits per heavy atom. The number of thioether (sulfide) groups is 1. The molecule has 0 radical (unpaired) electrons. The lowest BCUT2D eigenvalue weighted by molar-refractivity contribution is -0.118. The standard InChI is InChI=1S/C22H25N3O4S2/c1-15-14-30-21-8-7-19(13-20(21)23-22(15)27)31(28,29)25-11-9-24(10-12-25)18-5-3-17(4-6-18)16(2)26/h3-8,13,15H,9-12,14H2,1-2H3,(H,23,27). The van der Waals surface area contributed by atoms with E-state index in [-0.39, 0.29) is 22.5 Å². The summed E-state index contributed by atoms with van der Waals surface area (Å²) in [5.41, 5.74) is 2.19. The normalized spacial score (nSPS) is 20.0. The monoisotopic (exact) mass is 459 g/mol. The maximum Gasteiger partial charge on any atom is 0.243 e. The minimum Gasteiger partial charge on any atom is -0.369 e. The molecule has 0 spiro atoms. The molecule has 9 heteroatoms. The molecule has 164 valence electrons. The van der Waals surface area contributed by atoms with Crippen molar-refractivity contribution >= 4 is 44.9 Å². The number of piperazine rings is 1. The van der Waals surface area contributed by atoms with Crippen LogP contribution in [0.15, 0.2) is 52.3 Å². The summed E-state index contributed by atoms with van der Waals surface area (Å²) in [6, 6.07) is 12.4. The van der Waals surface area contributed by atoms with E-state index in [1.54, 1.807) is 42.1 Å². The molecule has 1 amide bonds. The van der Waals surface area contributed by atoms with E-state index in [1.807, 2.05) is 19.1 Å². The third-order valence-electron chi connectivity index (χ3n) is 5.66. The van der Waals surface area contributed by atoms with Crippen molar-refractivity contribution < 1.29 is 18.0 Å². The lowest BCUT2D eigenvalue weighted by atomic mass is 10.1. The summed E-state index contributed by atoms with van der Waals surface area (Å²) >= 11 is 1.56. The fourth-order valence-corrected chi connectivity index (χ4v) is 6.14. The van der Waals surface area contributed by atoms with Gasteiger partial charge in [0, 0.05) is 54.0 Å². The Morgan fingerprint density at radius 1 is 1.06 bits per heavy atom. The van der Waals surface area contributed by atoms with Crippen LogP contribution in [0.2, 0.25) is 0 Å². The third kappa shape index (κ3) is 4.49. The topological polar surface area (TPSA) is 86.8 Å². The Labute approximate surface area is 186 Å². The second-order valence-corrected chi connectivity index (χ2v) is 10.9. The quantitative estimate of drug-likeness (QED) is 0.707. The Morgan fingerprint density at radius 3 is 2.39 bits per heavy atom. The van der Waals surface area contributed by atoms with Gasteiger partial charge in [-0.2, -0.15) is 4.31 Å². The molecular weight excluding hydrogens is 434 g/mol. The Balaban J connectivity index is 1.47. The van der Waals surface area contributed by atoms with Crippen molar-refractivity contribution in [2.75, 3.05) is 42.1 Å². The van der Waals surface area contributed by atoms with Gasteiger partial charge in [0.1, 0.15) is 0 Å². The van der Waals surface area contributed by atoms with Crippen molar-refractivity contribution in [3.8, 4) is 0 Å². The van der Waals surface area contributed by atoms with E-state index >= 15 is 0 Å². The molecule has 2 aromatic rings. The van der Waals surface area contributed by atoms with E-state index in [0.29, 0.717) is 43.2 Å². The number of carbonyl (C=O) groups is 2. The van der Waals surface area contributed by atoms with Crippen LogP contribution in [0.3, 0.4) is 0 Å². The predicted molar refractivity (Wildman–Crippen MR) is 122 cm³/mol. The van der Waals surface area contributed by atoms with Gasteiger partial charge in [-0.1, -0.05) is 6.92 Å². The zero-order valence-electron chi connectivity index (χ0n) is 17.5. The lowest BCUT2D eigenvalue weighted by Gasteiger charge is -2.35. The first-order valence-electron chi connectivity index (χ1n) is 10.2. The highest BCUT2D eigenvalue weighted by molar-refractivity contribution is 7.99. The van der Waals surface area contributed by atoms with Crippen LogP contribution in [0.1, 0.15) is 24.2 Å². The molecular formula is C22H25N3O4S2. The number of anilines is 2. The first-order valence-corrected chi connectivity index (χ1v) is 12.6. The van der Waals surface area contributed by atoms with E-state index in [1.165, 1.54) is 11.2 Å². The van der Waals surface area contributed by atoms with E-state index in [9.17, 15) is 18.0 Å². The second kappa shape index (κ2) is 8.64. The minimum absolute atomic E-state index is 0.0206. The van der Waals surface area contributed by atoms with Gasteiger partial charge in [0.2, 0.25) is 15.9 Å². The molecule has 1 saturated heterocycles. The highest BCUT2D eigenvalue weighted by Crippen LogP contribution is 2.35. The molecule has 31 heavy (non-hydrogen) atoms. The van der Waals surface area contributed by atoms with Crippen molar-refractivity contribution in [2.45, 2.75) is 23.6 Å². The van der Waals surface area contributed by atoms with Crippen molar-refractivity contribution in [3.63, 3.8) is 0 Å². The highest BCUT2D eigenvalue weighted by atomic mass is 32.2. The summed E-state index contributed by atoms with van der Waals surface area (Å²) in [5, 5.41) is 2.85. The fraction of sp³-hybridized carbons (Fsp3) is 0.364. The summed E-state index contributed by atoms with van der Waals surface area (Å²) in [5.74, 6) is 0.466. The number of hydrogen-bond acceptors (Lipinski definition) is 6. The first kappa shape index (κ1) is 21.9. The summed E-state index contributed by atoms with van der Waals surface area (Å²) < 4.78 is 27.9. The molecule has 1 fully saturated rings. The number of amides is 1. The predicted octanol–water partition coefficient (Wildman–Crippen LogP) is 3.08. The fourth-order valence-electron chi connectivity index (χ4n) is 3.68. The summed E-state index contributed by atoms with van der Waals surface area (Å²) in [4.78, 5) is 26.8. The largest absolute Gasteiger partial charge is 0.369 e. The zero-order chi connectivity index (χ0) is 22.2. The van der Waals surface area contributed by atoms with Crippen LogP contribution in [0.5, 0.6) is 0 Å². The SMILES string of the molecule is CC(=O)c1ccc(N2CCN(S(=O)(=O)c3ccc4c(c3)NC(=O)C(C)CS4)CC2)cc1. The van der Waals surface area contributed by atoms with Gasteiger partial charge in [0.15, 0.2) is 5.78 Å². The van der Waals surface area contributed by atoms with Gasteiger partial charge in [-0.05, 0) is 49.4 Å². The Bertz CT molecular complexity index is 1110. The lowest BCUT2D eigenvalue weighted by Crippen LogP contribution is -2.48. The Kier molecular flexibility index (Phi) is 6.09. The molecule has 0 saturated carbocycles. The number of nitrogens with zero attached hydrogens (tertiary/aromatic N) is 2. The number of rotatable bonds is 4. The van der Waals surface area contributed by atoms with Crippen LogP contribution in [0.4, 0.5) is 11.4 Å². The van der Waals surface area contributed by atoms with Crippen molar-refractivity contribution in [1.29, 1.82) is 0 Å². The number of benzene rings is 2. The maximum absolute atomic E-state index is 13.2. The van der Waals surface area contributed by atoms with E-state index in [2.05, 4.69) is 10.2 Å². The molecule has 2 heterocycles. The van der Waals surface area contributed by atoms with Crippen LogP contribution < -0.4 is 10.2 Å². The average Bonchev–Trinajstić information content (AvgIpc) is 2.91. The summed E-state index contributed by atoms with van der Waals surface area (Å²) in [6.07, 6.45) is 0. The number of Topliss-reactive ketones (excluding diaryl/α,β-unsaturated/α-hetero) is 1. The molecule has 0 bridgehead atoms. The van der Waals surface area contributed by atoms with Crippen LogP contribution in [-0.2, 0) is 14.8 Å². The number of nitrogens with one attached hydrogen (secondary N) is 1. The molecule has 2 aliphatic heterocycles. The zero-order valence-corrected chi connectivity index (χ0v) is 19.1. The average molecular weight is 460 g/mol. The van der Waals surface area contributed by atoms with Gasteiger partial charge < -0.3 is 10.2 Å². The Hall–Kier alpha value is -2.36. The van der Waals surface area contributed by atoms with Crippen molar-refractivity contribution in [1.82, 2.24) is 4.31 Å². The molecule has 2 aromatic carbocycles. The second-order valence-electron chi connectivity index (χ2n) is 7.85. The van der Waals surface area contributed by atoms with Crippen LogP contribution >= 0.6 is 11.8 Å². The van der Waals surface area contributed by atoms with Crippen LogP contribution in [-0.4, -0.2) is 56.3 Å². The molecule has 0 aromatic heterocycles. The third-order valence-corrected chi connectivity index (χ3v) is 8.89. The van der Waals surface area contributed by atoms with Gasteiger partial charge >= 0.3 is 0 Å². The van der Waals surface area contributed by atoms with Gasteiger partial charge in [0.25, 0.3) is 0 Å². The molecule has 7 nitrogen and oxygen atoms in total. The molecule has 1 atom stereocenters. The number of ketones is 1. The van der Waals surface area contributed by atoms with Crippen LogP contribution in [0.25, 0.3) is 0 Å². The molecule has 0 aliphatic carbocycles. The summed E-state index contributed by atoms with van der Waals surface area (Å²) in [6.45, 7) is 5.25. The van der Waals surface area contributed by atoms with Gasteiger partial charge in [0.05, 0.1) is 10.6 Å². The van der Waals surface area contributed by atoms with Gasteiger partial charge in [-0.15, -0.1) is 11.8 Å². The molecule has 2 aliphatic rings. The van der Waals surface area contributed by atoms with Crippen LogP contribution in [0, 0.1) is 5.92 Å². The highest BCUT2D eigenvalue weighted by Gasteiger charge is 2.30. The van der Waals surface area contributed by atoms with Crippen molar-refractivity contribution in [3.05, 3.63) is 48.0 Å². The number of hydrogen-bond donors (Lipinski definition) is 1. The molecule has 1 unspecified atom stereocenters. The molecule has 4 rings (SSSR count). The minimum atomic E-state index is -3.66. The van der Waals surface area contributed by atoms with E-state index in [4.69, 9.17) is 0 Å². The smallest absolute Gasteiger partial charge is 0.243 e. The van der Waals surface area contributed by atoms with Crippen molar-refractivity contribution in [2.24, 2.45) is 5.92 Å². The first-order chi connectivity index (χ1) is 14.8. The van der Waals surface area contributed by atoms with Gasteiger partial charge in [-0.3, -0.25) is 9.59 Å². The van der Waals surface area contributed by atoms with Gasteiger partial charge in [-0.25, -0.2) is 8.42 Å². The number of carbonyl (C=O) groups excluding carboxylic acids is 2. The summed E-state index contributed by atoms with van der Waals surface area (Å²) in [7, 11) is -3.66. The number of fused-ring (bicyclic) bond motifs is 1. The van der Waals surface area contributed by atoms with E-state index < -0.39 is 10.0 Å². The molecule has 1 N–H and O–H groups in total. The maximum atomic E-state index is 13.2. The number of sulfonamides is 1.